The summed E-state index contributed by atoms with van der Waals surface area (Å²) in [5, 5.41) is 2.46. The lowest BCUT2D eigenvalue weighted by Gasteiger charge is -2.51. The van der Waals surface area contributed by atoms with E-state index in [4.69, 9.17) is 4.74 Å². The predicted molar refractivity (Wildman–Crippen MR) is 162 cm³/mol. The van der Waals surface area contributed by atoms with Gasteiger partial charge in [-0.15, -0.1) is 0 Å². The van der Waals surface area contributed by atoms with Crippen molar-refractivity contribution in [3.8, 4) is 0 Å². The molecule has 1 aromatic rings. The van der Waals surface area contributed by atoms with Gasteiger partial charge < -0.3 is 19.9 Å². The lowest BCUT2D eigenvalue weighted by Crippen LogP contribution is -2.64. The summed E-state index contributed by atoms with van der Waals surface area (Å²) in [4.78, 5) is 17.7. The van der Waals surface area contributed by atoms with Crippen LogP contribution in [0.4, 0.5) is 16.2 Å². The van der Waals surface area contributed by atoms with Gasteiger partial charge in [0, 0.05) is 48.6 Å². The average Bonchev–Trinajstić information content (AvgIpc) is 2.81. The number of sulfonamides is 2. The van der Waals surface area contributed by atoms with Crippen molar-refractivity contribution in [2.24, 2.45) is 0 Å². The third-order valence-electron chi connectivity index (χ3n) is 8.23. The first-order chi connectivity index (χ1) is 18.9. The normalized spacial score (nSPS) is 29.5. The molecule has 3 heterocycles. The molecule has 4 unspecified atom stereocenters. The zero-order chi connectivity index (χ0) is 30.3. The van der Waals surface area contributed by atoms with Crippen LogP contribution in [0.1, 0.15) is 74.1 Å². The van der Waals surface area contributed by atoms with E-state index < -0.39 is 30.0 Å². The fourth-order valence-corrected chi connectivity index (χ4v) is 7.99. The zero-order valence-electron chi connectivity index (χ0n) is 25.3. The Labute approximate surface area is 245 Å². The van der Waals surface area contributed by atoms with Crippen molar-refractivity contribution in [2.45, 2.75) is 121 Å². The minimum absolute atomic E-state index is 0.141. The molecule has 4 rings (SSSR count). The minimum atomic E-state index is -3.58. The van der Waals surface area contributed by atoms with Crippen molar-refractivity contribution in [1.29, 1.82) is 0 Å². The summed E-state index contributed by atoms with van der Waals surface area (Å²) in [6.07, 6.45) is 1.92. The molecule has 3 aliphatic heterocycles. The Bertz CT molecular complexity index is 1270. The van der Waals surface area contributed by atoms with Crippen LogP contribution in [-0.4, -0.2) is 87.2 Å². The topological polar surface area (TPSA) is 137 Å². The Morgan fingerprint density at radius 3 is 1.83 bits per heavy atom. The third-order valence-corrected chi connectivity index (χ3v) is 12.4. The maximum absolute atomic E-state index is 13.6. The largest absolute Gasteiger partial charge is 0.372 e. The molecule has 3 saturated heterocycles. The molecule has 13 heteroatoms. The van der Waals surface area contributed by atoms with Crippen LogP contribution in [0.15, 0.2) is 24.3 Å². The molecule has 0 spiro atoms. The van der Waals surface area contributed by atoms with Crippen molar-refractivity contribution in [3.05, 3.63) is 24.3 Å². The molecule has 0 aliphatic carbocycles. The molecule has 0 saturated carbocycles. The van der Waals surface area contributed by atoms with Gasteiger partial charge in [-0.1, -0.05) is 0 Å². The maximum atomic E-state index is 13.6. The van der Waals surface area contributed by atoms with Gasteiger partial charge in [0.2, 0.25) is 20.0 Å². The summed E-state index contributed by atoms with van der Waals surface area (Å²) in [7, 11) is -7.07. The van der Waals surface area contributed by atoms with E-state index in [9.17, 15) is 21.6 Å². The smallest absolute Gasteiger partial charge is 0.322 e. The zero-order valence-corrected chi connectivity index (χ0v) is 26.9. The molecule has 3 N–H and O–H groups in total. The van der Waals surface area contributed by atoms with Crippen LogP contribution in [0.25, 0.3) is 0 Å². The summed E-state index contributed by atoms with van der Waals surface area (Å²) in [5.74, 6) is 0. The number of fused-ring (bicyclic) bond motifs is 2. The highest BCUT2D eigenvalue weighted by atomic mass is 32.2. The third kappa shape index (κ3) is 7.54. The second-order valence-electron chi connectivity index (χ2n) is 13.1. The van der Waals surface area contributed by atoms with E-state index in [1.165, 1.54) is 0 Å². The van der Waals surface area contributed by atoms with Crippen molar-refractivity contribution in [1.82, 2.24) is 14.3 Å². The summed E-state index contributed by atoms with van der Waals surface area (Å²) in [5.41, 5.74) is 1.73. The predicted octanol–water partition coefficient (Wildman–Crippen LogP) is 3.24. The molecule has 41 heavy (non-hydrogen) atoms. The number of amides is 2. The van der Waals surface area contributed by atoms with Gasteiger partial charge in [0.1, 0.15) is 0 Å². The van der Waals surface area contributed by atoms with Crippen LogP contribution >= 0.6 is 0 Å². The molecule has 2 bridgehead atoms. The number of benzene rings is 1. The van der Waals surface area contributed by atoms with Gasteiger partial charge >= 0.3 is 6.03 Å². The molecule has 1 aromatic carbocycles. The van der Waals surface area contributed by atoms with Gasteiger partial charge in [0.25, 0.3) is 0 Å². The Balaban J connectivity index is 1.48. The van der Waals surface area contributed by atoms with Crippen LogP contribution in [0.2, 0.25) is 0 Å². The van der Waals surface area contributed by atoms with E-state index in [2.05, 4.69) is 33.5 Å². The Kier molecular flexibility index (Phi) is 9.35. The second kappa shape index (κ2) is 12.0. The minimum Gasteiger partial charge on any atom is -0.372 e. The molecule has 0 radical (unpaired) electrons. The molecule has 3 aliphatic rings. The number of urea groups is 1. The Morgan fingerprint density at radius 1 is 0.878 bits per heavy atom. The first kappa shape index (κ1) is 32.0. The van der Waals surface area contributed by atoms with Crippen LogP contribution in [0.5, 0.6) is 0 Å². The first-order valence-corrected chi connectivity index (χ1v) is 17.6. The molecular formula is C28H47N5O6S2. The van der Waals surface area contributed by atoms with Gasteiger partial charge in [-0.25, -0.2) is 31.1 Å². The van der Waals surface area contributed by atoms with Gasteiger partial charge in [-0.2, -0.15) is 0 Å². The monoisotopic (exact) mass is 613 g/mol. The lowest BCUT2D eigenvalue weighted by atomic mass is 9.80. The van der Waals surface area contributed by atoms with E-state index in [0.717, 1.165) is 18.8 Å². The quantitative estimate of drug-likeness (QED) is 0.429. The SMILES string of the molecule is CC1CN(c2ccc(NC(=O)N3C4CC(NS(=O)(=O)C(C)C)CC3CC(NS(=O)(=O)C(C)(C)C)C4)cc2)CC(C)O1. The van der Waals surface area contributed by atoms with E-state index in [1.54, 1.807) is 39.5 Å². The van der Waals surface area contributed by atoms with Crippen LogP contribution < -0.4 is 19.7 Å². The molecule has 0 aromatic heterocycles. The van der Waals surface area contributed by atoms with E-state index in [-0.39, 0.29) is 42.4 Å². The number of hydrogen-bond acceptors (Lipinski definition) is 7. The van der Waals surface area contributed by atoms with Crippen LogP contribution in [0, 0.1) is 0 Å². The number of anilines is 2. The van der Waals surface area contributed by atoms with Gasteiger partial charge in [-0.05, 0) is 98.4 Å². The standard InChI is InChI=1S/C28H47N5O6S2/c1-18(2)40(35,36)30-22-12-25-14-23(31-41(37,38)28(5,6)7)15-26(13-22)33(25)27(34)29-21-8-10-24(11-9-21)32-16-19(3)39-20(4)17-32/h8-11,18-20,22-23,25-26,30-31H,12-17H2,1-7H3,(H,29,34). The van der Waals surface area contributed by atoms with Gasteiger partial charge in [0.05, 0.1) is 22.2 Å². The summed E-state index contributed by atoms with van der Waals surface area (Å²) in [6, 6.07) is 6.18. The van der Waals surface area contributed by atoms with Gasteiger partial charge in [0.15, 0.2) is 0 Å². The number of nitrogens with zero attached hydrogens (tertiary/aromatic N) is 2. The number of rotatable bonds is 7. The van der Waals surface area contributed by atoms with Gasteiger partial charge in [-0.3, -0.25) is 0 Å². The summed E-state index contributed by atoms with van der Waals surface area (Å²) in [6.45, 7) is 13.9. The van der Waals surface area contributed by atoms with Crippen molar-refractivity contribution < 1.29 is 26.4 Å². The van der Waals surface area contributed by atoms with Crippen LogP contribution in [-0.2, 0) is 24.8 Å². The number of ether oxygens (including phenoxy) is 1. The van der Waals surface area contributed by atoms with Crippen molar-refractivity contribution in [2.75, 3.05) is 23.3 Å². The number of hydrogen-bond donors (Lipinski definition) is 3. The molecule has 3 fully saturated rings. The molecular weight excluding hydrogens is 566 g/mol. The highest BCUT2D eigenvalue weighted by Crippen LogP contribution is 2.36. The lowest BCUT2D eigenvalue weighted by molar-refractivity contribution is -0.00521. The van der Waals surface area contributed by atoms with E-state index in [1.807, 2.05) is 24.3 Å². The van der Waals surface area contributed by atoms with Crippen molar-refractivity contribution >= 4 is 37.5 Å². The molecule has 4 atom stereocenters. The Morgan fingerprint density at radius 2 is 1.37 bits per heavy atom. The fraction of sp³-hybridized carbons (Fsp3) is 0.750. The highest BCUT2D eigenvalue weighted by Gasteiger charge is 2.46. The highest BCUT2D eigenvalue weighted by molar-refractivity contribution is 7.90. The average molecular weight is 614 g/mol. The first-order valence-electron chi connectivity index (χ1n) is 14.6. The molecule has 2 amide bonds. The summed E-state index contributed by atoms with van der Waals surface area (Å²) >= 11 is 0. The van der Waals surface area contributed by atoms with Crippen LogP contribution in [0.3, 0.4) is 0 Å². The number of nitrogens with one attached hydrogen (secondary N) is 3. The number of morpholine rings is 1. The number of carbonyl (C=O) groups excluding carboxylic acids is 1. The number of piperidine rings is 2. The van der Waals surface area contributed by atoms with E-state index >= 15 is 0 Å². The Hall–Kier alpha value is -1.93. The van der Waals surface area contributed by atoms with E-state index in [0.29, 0.717) is 31.4 Å². The second-order valence-corrected chi connectivity index (χ2v) is 17.9. The maximum Gasteiger partial charge on any atom is 0.322 e. The van der Waals surface area contributed by atoms with Crippen molar-refractivity contribution in [3.63, 3.8) is 0 Å². The molecule has 232 valence electrons. The summed E-state index contributed by atoms with van der Waals surface area (Å²) < 4.78 is 61.6. The number of carbonyl (C=O) groups is 1. The molecule has 11 nitrogen and oxygen atoms in total. The fourth-order valence-electron chi connectivity index (χ4n) is 6.07.